The molecular formula is C13H9Cl2N3. The zero-order chi connectivity index (χ0) is 12.7. The third-order valence-electron chi connectivity index (χ3n) is 2.67. The Bertz CT molecular complexity index is 734. The van der Waals surface area contributed by atoms with Crippen LogP contribution in [0.3, 0.4) is 0 Å². The lowest BCUT2D eigenvalue weighted by molar-refractivity contribution is 1.22. The predicted octanol–water partition coefficient (Wildman–Crippen LogP) is 4.24. The minimum absolute atomic E-state index is 0.568. The first-order chi connectivity index (χ1) is 8.63. The summed E-state index contributed by atoms with van der Waals surface area (Å²) in [7, 11) is 0. The topological polar surface area (TPSA) is 41.6 Å². The second-order valence-electron chi connectivity index (χ2n) is 4.03. The fraction of sp³-hybridized carbons (Fsp3) is 0.0769. The number of fused-ring (bicyclic) bond motifs is 1. The van der Waals surface area contributed by atoms with Crippen molar-refractivity contribution in [1.82, 2.24) is 15.0 Å². The van der Waals surface area contributed by atoms with Crippen LogP contribution in [0.1, 0.15) is 5.69 Å². The van der Waals surface area contributed by atoms with Crippen LogP contribution in [0.4, 0.5) is 0 Å². The van der Waals surface area contributed by atoms with Crippen LogP contribution >= 0.6 is 23.2 Å². The number of imidazole rings is 1. The van der Waals surface area contributed by atoms with Gasteiger partial charge in [-0.1, -0.05) is 23.2 Å². The van der Waals surface area contributed by atoms with Crippen LogP contribution in [-0.2, 0) is 0 Å². The number of benzene rings is 1. The molecule has 0 atom stereocenters. The van der Waals surface area contributed by atoms with Crippen molar-refractivity contribution in [3.8, 4) is 11.4 Å². The van der Waals surface area contributed by atoms with E-state index in [9.17, 15) is 0 Å². The Morgan fingerprint density at radius 3 is 2.67 bits per heavy atom. The number of aryl methyl sites for hydroxylation is 1. The minimum Gasteiger partial charge on any atom is -0.337 e. The maximum Gasteiger partial charge on any atom is 0.178 e. The lowest BCUT2D eigenvalue weighted by atomic mass is 10.2. The molecule has 0 aliphatic heterocycles. The van der Waals surface area contributed by atoms with Gasteiger partial charge in [-0.05, 0) is 37.3 Å². The summed E-state index contributed by atoms with van der Waals surface area (Å²) < 4.78 is 0. The first kappa shape index (κ1) is 11.5. The van der Waals surface area contributed by atoms with Crippen molar-refractivity contribution >= 4 is 34.4 Å². The summed E-state index contributed by atoms with van der Waals surface area (Å²) in [6.45, 7) is 1.93. The van der Waals surface area contributed by atoms with E-state index in [1.54, 1.807) is 12.1 Å². The summed E-state index contributed by atoms with van der Waals surface area (Å²) in [6.07, 6.45) is 0. The van der Waals surface area contributed by atoms with Crippen LogP contribution in [0.5, 0.6) is 0 Å². The lowest BCUT2D eigenvalue weighted by Gasteiger charge is -2.00. The monoisotopic (exact) mass is 277 g/mol. The molecule has 5 heteroatoms. The van der Waals surface area contributed by atoms with Crippen molar-refractivity contribution in [3.05, 3.63) is 46.1 Å². The van der Waals surface area contributed by atoms with Gasteiger partial charge in [0.15, 0.2) is 5.65 Å². The molecule has 0 saturated carbocycles. The van der Waals surface area contributed by atoms with Gasteiger partial charge in [0.05, 0.1) is 10.5 Å². The molecule has 2 aromatic heterocycles. The quantitative estimate of drug-likeness (QED) is 0.723. The van der Waals surface area contributed by atoms with E-state index >= 15 is 0 Å². The Balaban J connectivity index is 2.19. The summed E-state index contributed by atoms with van der Waals surface area (Å²) in [5, 5.41) is 1.17. The van der Waals surface area contributed by atoms with E-state index in [0.29, 0.717) is 21.5 Å². The SMILES string of the molecule is Cc1ccc2[nH]c(-c3ccc(Cl)cc3Cl)nc2n1. The number of rotatable bonds is 1. The Kier molecular flexibility index (Phi) is 2.73. The fourth-order valence-corrected chi connectivity index (χ4v) is 2.29. The number of aromatic amines is 1. The van der Waals surface area contributed by atoms with E-state index < -0.39 is 0 Å². The number of hydrogen-bond acceptors (Lipinski definition) is 2. The van der Waals surface area contributed by atoms with Gasteiger partial charge in [0.2, 0.25) is 0 Å². The molecule has 0 saturated heterocycles. The number of pyridine rings is 1. The van der Waals surface area contributed by atoms with Crippen molar-refractivity contribution in [2.75, 3.05) is 0 Å². The highest BCUT2D eigenvalue weighted by Crippen LogP contribution is 2.29. The molecule has 3 rings (SSSR count). The van der Waals surface area contributed by atoms with Gasteiger partial charge < -0.3 is 4.98 Å². The second kappa shape index (κ2) is 4.26. The molecule has 0 fully saturated rings. The molecule has 90 valence electrons. The van der Waals surface area contributed by atoms with Gasteiger partial charge in [0, 0.05) is 16.3 Å². The molecule has 2 heterocycles. The van der Waals surface area contributed by atoms with E-state index in [0.717, 1.165) is 16.8 Å². The third-order valence-corrected chi connectivity index (χ3v) is 3.22. The fourth-order valence-electron chi connectivity index (χ4n) is 1.80. The maximum absolute atomic E-state index is 6.16. The van der Waals surface area contributed by atoms with Crippen LogP contribution in [-0.4, -0.2) is 15.0 Å². The van der Waals surface area contributed by atoms with Gasteiger partial charge >= 0.3 is 0 Å². The molecule has 1 N–H and O–H groups in total. The van der Waals surface area contributed by atoms with Gasteiger partial charge in [-0.15, -0.1) is 0 Å². The molecule has 0 radical (unpaired) electrons. The largest absolute Gasteiger partial charge is 0.337 e. The molecule has 18 heavy (non-hydrogen) atoms. The van der Waals surface area contributed by atoms with Gasteiger partial charge in [-0.25, -0.2) is 9.97 Å². The summed E-state index contributed by atoms with van der Waals surface area (Å²) >= 11 is 12.0. The molecule has 3 nitrogen and oxygen atoms in total. The number of halogens is 2. The number of nitrogens with zero attached hydrogens (tertiary/aromatic N) is 2. The smallest absolute Gasteiger partial charge is 0.178 e. The normalized spacial score (nSPS) is 11.1. The highest BCUT2D eigenvalue weighted by Gasteiger charge is 2.10. The molecule has 0 aliphatic carbocycles. The van der Waals surface area contributed by atoms with Crippen LogP contribution < -0.4 is 0 Å². The van der Waals surface area contributed by atoms with Crippen molar-refractivity contribution < 1.29 is 0 Å². The van der Waals surface area contributed by atoms with Crippen LogP contribution in [0.15, 0.2) is 30.3 Å². The molecule has 3 aromatic rings. The average Bonchev–Trinajstić information content (AvgIpc) is 2.71. The van der Waals surface area contributed by atoms with Crippen molar-refractivity contribution in [3.63, 3.8) is 0 Å². The summed E-state index contributed by atoms with van der Waals surface area (Å²) in [5.74, 6) is 0.699. The van der Waals surface area contributed by atoms with E-state index in [2.05, 4.69) is 15.0 Å². The molecule has 0 aliphatic rings. The van der Waals surface area contributed by atoms with Crippen LogP contribution in [0.25, 0.3) is 22.6 Å². The molecule has 0 amide bonds. The van der Waals surface area contributed by atoms with Gasteiger partial charge in [-0.2, -0.15) is 0 Å². The molecule has 1 aromatic carbocycles. The van der Waals surface area contributed by atoms with Crippen LogP contribution in [0, 0.1) is 6.92 Å². The van der Waals surface area contributed by atoms with Crippen molar-refractivity contribution in [2.45, 2.75) is 6.92 Å². The molecule has 0 spiro atoms. The zero-order valence-electron chi connectivity index (χ0n) is 9.54. The molecule has 0 bridgehead atoms. The number of aromatic nitrogens is 3. The van der Waals surface area contributed by atoms with Gasteiger partial charge in [-0.3, -0.25) is 0 Å². The Labute approximate surface area is 114 Å². The van der Waals surface area contributed by atoms with Gasteiger partial charge in [0.1, 0.15) is 5.82 Å². The number of nitrogens with one attached hydrogen (secondary N) is 1. The lowest BCUT2D eigenvalue weighted by Crippen LogP contribution is -1.82. The van der Waals surface area contributed by atoms with E-state index in [1.807, 2.05) is 25.1 Å². The van der Waals surface area contributed by atoms with Crippen LogP contribution in [0.2, 0.25) is 10.0 Å². The first-order valence-electron chi connectivity index (χ1n) is 5.42. The Morgan fingerprint density at radius 1 is 1.06 bits per heavy atom. The summed E-state index contributed by atoms with van der Waals surface area (Å²) in [6, 6.07) is 9.22. The summed E-state index contributed by atoms with van der Waals surface area (Å²) in [4.78, 5) is 12.0. The van der Waals surface area contributed by atoms with E-state index in [-0.39, 0.29) is 0 Å². The first-order valence-corrected chi connectivity index (χ1v) is 6.18. The van der Waals surface area contributed by atoms with E-state index in [1.165, 1.54) is 0 Å². The number of hydrogen-bond donors (Lipinski definition) is 1. The van der Waals surface area contributed by atoms with E-state index in [4.69, 9.17) is 23.2 Å². The Hall–Kier alpha value is -1.58. The highest BCUT2D eigenvalue weighted by molar-refractivity contribution is 6.36. The maximum atomic E-state index is 6.16. The van der Waals surface area contributed by atoms with Gasteiger partial charge in [0.25, 0.3) is 0 Å². The van der Waals surface area contributed by atoms with Crippen molar-refractivity contribution in [2.24, 2.45) is 0 Å². The third kappa shape index (κ3) is 1.96. The molecular weight excluding hydrogens is 269 g/mol. The Morgan fingerprint density at radius 2 is 1.89 bits per heavy atom. The summed E-state index contributed by atoms with van der Waals surface area (Å²) in [5.41, 5.74) is 3.33. The average molecular weight is 278 g/mol. The number of H-pyrrole nitrogens is 1. The highest BCUT2D eigenvalue weighted by atomic mass is 35.5. The predicted molar refractivity (Wildman–Crippen MR) is 74.1 cm³/mol. The second-order valence-corrected chi connectivity index (χ2v) is 4.88. The zero-order valence-corrected chi connectivity index (χ0v) is 11.0. The van der Waals surface area contributed by atoms with Crippen molar-refractivity contribution in [1.29, 1.82) is 0 Å². The standard InChI is InChI=1S/C13H9Cl2N3/c1-7-2-5-11-13(16-7)18-12(17-11)9-4-3-8(14)6-10(9)15/h2-6H,1H3,(H,16,17,18). The minimum atomic E-state index is 0.568. The molecule has 0 unspecified atom stereocenters.